The zero-order valence-electron chi connectivity index (χ0n) is 15.4. The van der Waals surface area contributed by atoms with Crippen LogP contribution in [0.1, 0.15) is 103 Å². The van der Waals surface area contributed by atoms with E-state index in [2.05, 4.69) is 7.00 Å². The fraction of sp³-hybridized carbons (Fsp3) is 1.00. The summed E-state index contributed by atoms with van der Waals surface area (Å²) in [6.07, 6.45) is 22.0. The maximum atomic E-state index is 10.5. The molecule has 0 aromatic rings. The average molecular weight is 336 g/mol. The van der Waals surface area contributed by atoms with Gasteiger partial charge in [-0.05, 0) is 84.0 Å². The molecular formula is C20H38BOP. The van der Waals surface area contributed by atoms with E-state index >= 15 is 0 Å². The van der Waals surface area contributed by atoms with Crippen molar-refractivity contribution >= 4 is 14.1 Å². The standard InChI is InChI=1S/C20H38BOP/c1-17(22)21-23(18-11-5-2-6-12-18,19-13-7-3-8-14-19)20-15-9-4-10-16-20/h17-20,22H,2-16H2,1H3. The summed E-state index contributed by atoms with van der Waals surface area (Å²) in [4.78, 5) is 0. The van der Waals surface area contributed by atoms with Gasteiger partial charge in [-0.25, -0.2) is 0 Å². The zero-order chi connectivity index (χ0) is 16.1. The van der Waals surface area contributed by atoms with Gasteiger partial charge in [0.2, 0.25) is 0 Å². The highest BCUT2D eigenvalue weighted by Gasteiger charge is 2.48. The third kappa shape index (κ3) is 4.17. The van der Waals surface area contributed by atoms with E-state index in [1.807, 2.05) is 6.92 Å². The Labute approximate surface area is 145 Å². The Morgan fingerprint density at radius 3 is 1.22 bits per heavy atom. The lowest BCUT2D eigenvalue weighted by molar-refractivity contribution is 0.274. The van der Waals surface area contributed by atoms with Gasteiger partial charge in [0.05, 0.1) is 0 Å². The molecule has 0 aliphatic heterocycles. The Bertz CT molecular complexity index is 296. The predicted octanol–water partition coefficient (Wildman–Crippen LogP) is 5.96. The summed E-state index contributed by atoms with van der Waals surface area (Å²) < 4.78 is 0. The molecule has 3 fully saturated rings. The first kappa shape index (κ1) is 18.3. The average Bonchev–Trinajstić information content (AvgIpc) is 2.62. The van der Waals surface area contributed by atoms with Gasteiger partial charge in [-0.15, -0.1) is 0 Å². The van der Waals surface area contributed by atoms with Gasteiger partial charge in [0.1, 0.15) is 0 Å². The normalized spacial score (nSPS) is 27.9. The molecule has 0 aromatic carbocycles. The van der Waals surface area contributed by atoms with Gasteiger partial charge < -0.3 is 5.11 Å². The van der Waals surface area contributed by atoms with E-state index in [0.29, 0.717) is 0 Å². The van der Waals surface area contributed by atoms with E-state index in [1.165, 1.54) is 96.3 Å². The van der Waals surface area contributed by atoms with Crippen molar-refractivity contribution < 1.29 is 5.11 Å². The highest BCUT2D eigenvalue weighted by molar-refractivity contribution is 8.02. The second-order valence-electron chi connectivity index (χ2n) is 8.66. The van der Waals surface area contributed by atoms with Gasteiger partial charge >= 0.3 is 0 Å². The fourth-order valence-electron chi connectivity index (χ4n) is 6.22. The molecule has 0 amide bonds. The van der Waals surface area contributed by atoms with Gasteiger partial charge in [-0.2, -0.15) is 7.14 Å². The van der Waals surface area contributed by atoms with Crippen molar-refractivity contribution in [3.8, 4) is 0 Å². The fourth-order valence-corrected chi connectivity index (χ4v) is 13.3. The second kappa shape index (κ2) is 8.71. The lowest BCUT2D eigenvalue weighted by atomic mass is 9.97. The summed E-state index contributed by atoms with van der Waals surface area (Å²) in [6, 6.07) is -0.186. The smallest absolute Gasteiger partial charge is 0.0257 e. The summed E-state index contributed by atoms with van der Waals surface area (Å²) in [5, 5.41) is 10.5. The Morgan fingerprint density at radius 1 is 0.652 bits per heavy atom. The highest BCUT2D eigenvalue weighted by atomic mass is 31.2. The maximum Gasteiger partial charge on any atom is 0.0257 e. The quantitative estimate of drug-likeness (QED) is 0.485. The zero-order valence-corrected chi connectivity index (χ0v) is 16.3. The van der Waals surface area contributed by atoms with Gasteiger partial charge in [0.25, 0.3) is 0 Å². The van der Waals surface area contributed by atoms with Crippen LogP contribution in [0.15, 0.2) is 0 Å². The minimum absolute atomic E-state index is 0.186. The molecule has 3 rings (SSSR count). The van der Waals surface area contributed by atoms with Gasteiger partial charge in [0, 0.05) is 17.0 Å². The molecule has 1 atom stereocenters. The van der Waals surface area contributed by atoms with Gasteiger partial charge in [0.15, 0.2) is 0 Å². The molecule has 0 heterocycles. The van der Waals surface area contributed by atoms with E-state index in [4.69, 9.17) is 0 Å². The van der Waals surface area contributed by atoms with E-state index < -0.39 is 7.14 Å². The van der Waals surface area contributed by atoms with Crippen molar-refractivity contribution in [1.29, 1.82) is 0 Å². The molecule has 3 aliphatic rings. The Balaban J connectivity index is 1.91. The van der Waals surface area contributed by atoms with Crippen LogP contribution >= 0.6 is 7.14 Å². The van der Waals surface area contributed by atoms with Crippen molar-refractivity contribution in [3.05, 3.63) is 0 Å². The molecule has 3 aliphatic carbocycles. The van der Waals surface area contributed by atoms with Crippen molar-refractivity contribution in [2.24, 2.45) is 0 Å². The topological polar surface area (TPSA) is 20.2 Å². The van der Waals surface area contributed by atoms with Crippen LogP contribution in [0.3, 0.4) is 0 Å². The van der Waals surface area contributed by atoms with Crippen LogP contribution in [0.2, 0.25) is 0 Å². The summed E-state index contributed by atoms with van der Waals surface area (Å²) in [6.45, 7) is 4.64. The maximum absolute atomic E-state index is 10.5. The molecule has 2 radical (unpaired) electrons. The van der Waals surface area contributed by atoms with E-state index in [9.17, 15) is 5.11 Å². The van der Waals surface area contributed by atoms with Crippen LogP contribution in [-0.2, 0) is 0 Å². The minimum Gasteiger partial charge on any atom is -0.433 e. The summed E-state index contributed by atoms with van der Waals surface area (Å²) in [5.74, 6) is 0. The van der Waals surface area contributed by atoms with Crippen LogP contribution in [-0.4, -0.2) is 35.1 Å². The summed E-state index contributed by atoms with van der Waals surface area (Å²) in [5.41, 5.74) is 2.91. The first-order chi connectivity index (χ1) is 11.2. The number of hydrogen-bond acceptors (Lipinski definition) is 1. The third-order valence-corrected chi connectivity index (χ3v) is 13.4. The predicted molar refractivity (Wildman–Crippen MR) is 105 cm³/mol. The first-order valence-corrected chi connectivity index (χ1v) is 12.7. The molecule has 3 heteroatoms. The van der Waals surface area contributed by atoms with Crippen LogP contribution < -0.4 is 0 Å². The van der Waals surface area contributed by atoms with Crippen molar-refractivity contribution in [1.82, 2.24) is 0 Å². The molecular weight excluding hydrogens is 298 g/mol. The van der Waals surface area contributed by atoms with Crippen LogP contribution in [0, 0.1) is 0 Å². The van der Waals surface area contributed by atoms with Crippen molar-refractivity contribution in [2.75, 3.05) is 0 Å². The van der Waals surface area contributed by atoms with Crippen molar-refractivity contribution in [3.63, 3.8) is 0 Å². The molecule has 1 nitrogen and oxygen atoms in total. The summed E-state index contributed by atoms with van der Waals surface area (Å²) in [7, 11) is -1.15. The largest absolute Gasteiger partial charge is 0.433 e. The minimum atomic E-state index is -1.15. The van der Waals surface area contributed by atoms with Crippen LogP contribution in [0.4, 0.5) is 0 Å². The molecule has 3 saturated carbocycles. The molecule has 1 N–H and O–H groups in total. The van der Waals surface area contributed by atoms with E-state index in [-0.39, 0.29) is 6.00 Å². The van der Waals surface area contributed by atoms with E-state index in [0.717, 1.165) is 17.0 Å². The van der Waals surface area contributed by atoms with Crippen molar-refractivity contribution in [2.45, 2.75) is 126 Å². The van der Waals surface area contributed by atoms with Crippen LogP contribution in [0.25, 0.3) is 0 Å². The third-order valence-electron chi connectivity index (χ3n) is 7.10. The molecule has 0 spiro atoms. The lowest BCUT2D eigenvalue weighted by Gasteiger charge is -2.58. The molecule has 0 saturated heterocycles. The number of aliphatic hydroxyl groups is 1. The SMILES string of the molecule is CC(O)[B-][P+](C1CCCCC1)(C1CCCCC1)C1CCCCC1. The number of hydrogen-bond donors (Lipinski definition) is 1. The Morgan fingerprint density at radius 2 is 0.957 bits per heavy atom. The Kier molecular flexibility index (Phi) is 6.91. The van der Waals surface area contributed by atoms with Crippen LogP contribution in [0.5, 0.6) is 0 Å². The highest BCUT2D eigenvalue weighted by Crippen LogP contribution is 2.76. The van der Waals surface area contributed by atoms with E-state index in [1.54, 1.807) is 0 Å². The molecule has 1 unspecified atom stereocenters. The molecule has 132 valence electrons. The first-order valence-electron chi connectivity index (χ1n) is 10.7. The second-order valence-corrected chi connectivity index (χ2v) is 12.9. The molecule has 0 bridgehead atoms. The monoisotopic (exact) mass is 336 g/mol. The molecule has 0 aromatic heterocycles. The number of rotatable bonds is 5. The molecule has 23 heavy (non-hydrogen) atoms. The lowest BCUT2D eigenvalue weighted by Crippen LogP contribution is -2.41. The Hall–Kier alpha value is 0.455. The van der Waals surface area contributed by atoms with Gasteiger partial charge in [-0.1, -0.05) is 32.2 Å². The van der Waals surface area contributed by atoms with Gasteiger partial charge in [-0.3, -0.25) is 0 Å². The summed E-state index contributed by atoms with van der Waals surface area (Å²) >= 11 is 0. The number of aliphatic hydroxyl groups excluding tert-OH is 1.